The first-order valence-electron chi connectivity index (χ1n) is 11.6. The molecule has 2 aromatic carbocycles. The minimum absolute atomic E-state index is 0.0718. The van der Waals surface area contributed by atoms with Crippen molar-refractivity contribution in [1.82, 2.24) is 15.4 Å². The van der Waals surface area contributed by atoms with Crippen LogP contribution in [0.5, 0.6) is 0 Å². The van der Waals surface area contributed by atoms with E-state index in [1.165, 1.54) is 18.2 Å². The minimum Gasteiger partial charge on any atom is -0.357 e. The average Bonchev–Trinajstić information content (AvgIpc) is 2.81. The lowest BCUT2D eigenvalue weighted by molar-refractivity contribution is -0.109. The largest absolute Gasteiger partial charge is 0.357 e. The van der Waals surface area contributed by atoms with Crippen LogP contribution in [-0.2, 0) is 16.1 Å². The van der Waals surface area contributed by atoms with Crippen molar-refractivity contribution < 1.29 is 18.4 Å². The highest BCUT2D eigenvalue weighted by Gasteiger charge is 2.14. The van der Waals surface area contributed by atoms with Gasteiger partial charge in [-0.1, -0.05) is 81.9 Å². The Morgan fingerprint density at radius 1 is 1.03 bits per heavy atom. The van der Waals surface area contributed by atoms with Crippen molar-refractivity contribution in [2.45, 2.75) is 47.1 Å². The highest BCUT2D eigenvalue weighted by Crippen LogP contribution is 2.26. The number of hydrogen-bond acceptors (Lipinski definition) is 5. The summed E-state index contributed by atoms with van der Waals surface area (Å²) in [7, 11) is 0. The van der Waals surface area contributed by atoms with Crippen molar-refractivity contribution in [2.24, 2.45) is 5.41 Å². The Kier molecular flexibility index (Phi) is 18.2. The van der Waals surface area contributed by atoms with Gasteiger partial charge in [0, 0.05) is 31.9 Å². The van der Waals surface area contributed by atoms with Gasteiger partial charge in [-0.05, 0) is 46.9 Å². The first-order valence-corrected chi connectivity index (χ1v) is 13.6. The third-order valence-corrected chi connectivity index (χ3v) is 5.31. The molecule has 208 valence electrons. The minimum atomic E-state index is -0.571. The number of hydrogen-bond donors (Lipinski definition) is 4. The third kappa shape index (κ3) is 16.5. The number of carbonyl (C=O) groups excluding carboxylic acids is 2. The second-order valence-corrected chi connectivity index (χ2v) is 11.0. The lowest BCUT2D eigenvalue weighted by atomic mass is 10.0. The molecule has 0 aliphatic rings. The van der Waals surface area contributed by atoms with Gasteiger partial charge in [-0.25, -0.2) is 8.78 Å². The summed E-state index contributed by atoms with van der Waals surface area (Å²) in [6, 6.07) is 7.47. The fourth-order valence-electron chi connectivity index (χ4n) is 2.65. The highest BCUT2D eigenvalue weighted by molar-refractivity contribution is 7.96. The first-order chi connectivity index (χ1) is 17.3. The third-order valence-electron chi connectivity index (χ3n) is 4.24. The van der Waals surface area contributed by atoms with Crippen molar-refractivity contribution in [2.75, 3.05) is 31.2 Å². The Labute approximate surface area is 233 Å². The maximum atomic E-state index is 14.0. The molecular formula is C26H38Cl2F2N4O2S. The van der Waals surface area contributed by atoms with Gasteiger partial charge in [-0.15, -0.1) is 0 Å². The molecule has 0 saturated carbocycles. The van der Waals surface area contributed by atoms with Crippen molar-refractivity contribution >= 4 is 53.7 Å². The summed E-state index contributed by atoms with van der Waals surface area (Å²) < 4.78 is 30.6. The molecule has 2 rings (SSSR count). The number of halogens is 4. The number of amides is 2. The fraction of sp³-hybridized carbons (Fsp3) is 0.462. The molecule has 0 aromatic heterocycles. The Bertz CT molecular complexity index is 957. The zero-order chi connectivity index (χ0) is 28.4. The maximum Gasteiger partial charge on any atom is 0.211 e. The van der Waals surface area contributed by atoms with Gasteiger partial charge in [0.05, 0.1) is 10.0 Å². The van der Waals surface area contributed by atoms with Crippen LogP contribution >= 0.6 is 35.1 Å². The van der Waals surface area contributed by atoms with Crippen molar-refractivity contribution in [1.29, 1.82) is 0 Å². The van der Waals surface area contributed by atoms with Crippen LogP contribution in [-0.4, -0.2) is 38.7 Å². The summed E-state index contributed by atoms with van der Waals surface area (Å²) in [4.78, 5) is 20.3. The number of carbonyl (C=O) groups is 2. The number of rotatable bonds is 12. The average molecular weight is 580 g/mol. The Hall–Kier alpha value is -1.91. The van der Waals surface area contributed by atoms with E-state index in [1.807, 2.05) is 13.2 Å². The number of anilines is 1. The van der Waals surface area contributed by atoms with Gasteiger partial charge >= 0.3 is 0 Å². The second kappa shape index (κ2) is 19.2. The molecule has 1 unspecified atom stereocenters. The molecule has 0 bridgehead atoms. The van der Waals surface area contributed by atoms with Crippen molar-refractivity contribution in [3.63, 3.8) is 0 Å². The lowest BCUT2D eigenvalue weighted by Gasteiger charge is -2.16. The van der Waals surface area contributed by atoms with E-state index in [0.29, 0.717) is 48.1 Å². The van der Waals surface area contributed by atoms with E-state index in [-0.39, 0.29) is 22.5 Å². The van der Waals surface area contributed by atoms with Crippen LogP contribution in [0, 0.1) is 17.0 Å². The van der Waals surface area contributed by atoms with Gasteiger partial charge in [0.2, 0.25) is 12.8 Å². The molecule has 0 saturated heterocycles. The number of benzene rings is 2. The van der Waals surface area contributed by atoms with Gasteiger partial charge in [0.25, 0.3) is 0 Å². The van der Waals surface area contributed by atoms with E-state index in [9.17, 15) is 18.4 Å². The Balaban J connectivity index is 0.000000824. The molecule has 2 amide bonds. The summed E-state index contributed by atoms with van der Waals surface area (Å²) in [5.74, 6) is -1.14. The summed E-state index contributed by atoms with van der Waals surface area (Å²) in [5.41, 5.74) is 1.97. The zero-order valence-electron chi connectivity index (χ0n) is 22.2. The van der Waals surface area contributed by atoms with Crippen LogP contribution in [0.2, 0.25) is 10.0 Å². The predicted octanol–water partition coefficient (Wildman–Crippen LogP) is 6.39. The molecule has 2 aromatic rings. The van der Waals surface area contributed by atoms with Gasteiger partial charge in [-0.2, -0.15) is 0 Å². The topological polar surface area (TPSA) is 82.3 Å². The van der Waals surface area contributed by atoms with Crippen LogP contribution in [0.25, 0.3) is 0 Å². The van der Waals surface area contributed by atoms with Gasteiger partial charge in [-0.3, -0.25) is 14.3 Å². The molecule has 0 radical (unpaired) electrons. The molecule has 0 aliphatic carbocycles. The van der Waals surface area contributed by atoms with E-state index in [2.05, 4.69) is 48.4 Å². The smallest absolute Gasteiger partial charge is 0.211 e. The first kappa shape index (κ1) is 35.1. The molecule has 0 spiro atoms. The molecule has 0 aliphatic heterocycles. The van der Waals surface area contributed by atoms with E-state index >= 15 is 0 Å². The summed E-state index contributed by atoms with van der Waals surface area (Å²) in [6.45, 7) is 12.9. The normalized spacial score (nSPS) is 11.3. The molecule has 11 heteroatoms. The van der Waals surface area contributed by atoms with Crippen molar-refractivity contribution in [3.8, 4) is 0 Å². The van der Waals surface area contributed by atoms with Crippen molar-refractivity contribution in [3.05, 3.63) is 63.1 Å². The molecular weight excluding hydrogens is 541 g/mol. The lowest BCUT2D eigenvalue weighted by Crippen LogP contribution is -2.21. The quantitative estimate of drug-likeness (QED) is 0.133. The van der Waals surface area contributed by atoms with Crippen LogP contribution in [0.1, 0.15) is 51.7 Å². The summed E-state index contributed by atoms with van der Waals surface area (Å²) in [6.07, 6.45) is 3.14. The van der Waals surface area contributed by atoms with Gasteiger partial charge in [0.1, 0.15) is 11.6 Å². The maximum absolute atomic E-state index is 14.0. The fourth-order valence-corrected chi connectivity index (χ4v) is 3.30. The van der Waals surface area contributed by atoms with E-state index in [4.69, 9.17) is 23.2 Å². The van der Waals surface area contributed by atoms with Crippen LogP contribution in [0.3, 0.4) is 0 Å². The van der Waals surface area contributed by atoms with Crippen LogP contribution in [0.15, 0.2) is 30.3 Å². The zero-order valence-corrected chi connectivity index (χ0v) is 24.5. The molecule has 6 nitrogen and oxygen atoms in total. The second-order valence-electron chi connectivity index (χ2n) is 9.53. The predicted molar refractivity (Wildman–Crippen MR) is 153 cm³/mol. The molecule has 4 N–H and O–H groups in total. The van der Waals surface area contributed by atoms with Gasteiger partial charge in [0.15, 0.2) is 0 Å². The van der Waals surface area contributed by atoms with E-state index in [1.54, 1.807) is 24.1 Å². The standard InChI is InChI=1S/C17H16Cl2F2N2O.C5H12.C4H10N2OS/c1-10(12-3-2-4-13(18)17(12)21)7-22-8-11-5-15(20)14(19)6-16(11)23-9-24;1-5(2,3)4;1-8-6-3-2-5-4-7/h2-6,9-10,22H,7-8H2,1H3,(H,23,24);1-4H3;4,6H,2-3H2,1H3,(H,5,7). The molecule has 1 atom stereocenters. The Morgan fingerprint density at radius 3 is 2.24 bits per heavy atom. The number of nitrogens with one attached hydrogen (secondary N) is 4. The van der Waals surface area contributed by atoms with E-state index in [0.717, 1.165) is 6.54 Å². The Morgan fingerprint density at radius 2 is 1.68 bits per heavy atom. The van der Waals surface area contributed by atoms with Crippen LogP contribution in [0.4, 0.5) is 14.5 Å². The monoisotopic (exact) mass is 578 g/mol. The highest BCUT2D eigenvalue weighted by atomic mass is 35.5. The molecule has 0 heterocycles. The van der Waals surface area contributed by atoms with E-state index < -0.39 is 11.6 Å². The molecule has 37 heavy (non-hydrogen) atoms. The summed E-state index contributed by atoms with van der Waals surface area (Å²) in [5, 5.41) is 8.13. The SMILES string of the molecule is CC(C)(C)C.CC(CNCc1cc(F)c(Cl)cc1NC=O)c1cccc(Cl)c1F.CSNCCNC=O. The molecule has 0 fully saturated rings. The van der Waals surface area contributed by atoms with Gasteiger partial charge < -0.3 is 16.0 Å². The summed E-state index contributed by atoms with van der Waals surface area (Å²) >= 11 is 13.0. The van der Waals surface area contributed by atoms with Crippen LogP contribution < -0.4 is 20.7 Å².